The Morgan fingerprint density at radius 3 is 2.14 bits per heavy atom. The molecule has 0 saturated heterocycles. The van der Waals surface area contributed by atoms with Crippen molar-refractivity contribution < 1.29 is 4.42 Å². The summed E-state index contributed by atoms with van der Waals surface area (Å²) in [5, 5.41) is 3.59. The molecule has 0 aliphatic carbocycles. The van der Waals surface area contributed by atoms with Crippen LogP contribution in [0.15, 0.2) is 34.7 Å². The van der Waals surface area contributed by atoms with Gasteiger partial charge in [-0.1, -0.05) is 39.8 Å². The van der Waals surface area contributed by atoms with Gasteiger partial charge in [-0.25, -0.2) is 0 Å². The number of aryl methyl sites for hydroxylation is 1. The summed E-state index contributed by atoms with van der Waals surface area (Å²) in [7, 11) is 0. The predicted octanol–water partition coefficient (Wildman–Crippen LogP) is 6.01. The Bertz CT molecular complexity index is 595. The maximum absolute atomic E-state index is 5.72. The van der Waals surface area contributed by atoms with Gasteiger partial charge in [0, 0.05) is 5.69 Å². The van der Waals surface area contributed by atoms with Crippen LogP contribution in [-0.4, -0.2) is 0 Å². The fourth-order valence-corrected chi connectivity index (χ4v) is 2.54. The maximum Gasteiger partial charge on any atom is 0.126 e. The van der Waals surface area contributed by atoms with Crippen LogP contribution in [0.1, 0.15) is 75.1 Å². The first-order valence-electron chi connectivity index (χ1n) is 7.85. The molecule has 0 aliphatic heterocycles. The van der Waals surface area contributed by atoms with E-state index >= 15 is 0 Å². The summed E-state index contributed by atoms with van der Waals surface area (Å²) in [5.41, 5.74) is 3.97. The van der Waals surface area contributed by atoms with E-state index in [1.165, 1.54) is 16.8 Å². The Balaban J connectivity index is 2.26. The number of furan rings is 1. The van der Waals surface area contributed by atoms with E-state index in [0.29, 0.717) is 11.8 Å². The molecule has 1 N–H and O–H groups in total. The Kier molecular flexibility index (Phi) is 4.76. The quantitative estimate of drug-likeness (QED) is 0.728. The number of rotatable bonds is 5. The molecule has 0 spiro atoms. The van der Waals surface area contributed by atoms with Gasteiger partial charge in [-0.3, -0.25) is 0 Å². The van der Waals surface area contributed by atoms with Crippen LogP contribution < -0.4 is 5.32 Å². The number of nitrogens with one attached hydrogen (secondary N) is 1. The first-order chi connectivity index (χ1) is 9.88. The van der Waals surface area contributed by atoms with E-state index in [-0.39, 0.29) is 6.04 Å². The maximum atomic E-state index is 5.72. The van der Waals surface area contributed by atoms with Crippen molar-refractivity contribution in [2.24, 2.45) is 0 Å². The van der Waals surface area contributed by atoms with E-state index in [1.807, 2.05) is 19.1 Å². The molecule has 0 amide bonds. The lowest BCUT2D eigenvalue weighted by atomic mass is 9.94. The lowest BCUT2D eigenvalue weighted by molar-refractivity contribution is 0.466. The molecule has 0 bridgehead atoms. The van der Waals surface area contributed by atoms with Crippen LogP contribution in [0, 0.1) is 6.92 Å². The van der Waals surface area contributed by atoms with Gasteiger partial charge in [0.1, 0.15) is 11.5 Å². The van der Waals surface area contributed by atoms with Crippen molar-refractivity contribution in [3.05, 3.63) is 53.0 Å². The van der Waals surface area contributed by atoms with E-state index in [9.17, 15) is 0 Å². The smallest absolute Gasteiger partial charge is 0.126 e. The molecule has 1 atom stereocenters. The van der Waals surface area contributed by atoms with Gasteiger partial charge in [-0.05, 0) is 55.0 Å². The van der Waals surface area contributed by atoms with E-state index in [1.54, 1.807) is 0 Å². The molecule has 1 heterocycles. The Morgan fingerprint density at radius 2 is 1.62 bits per heavy atom. The Labute approximate surface area is 128 Å². The highest BCUT2D eigenvalue weighted by Gasteiger charge is 2.14. The number of hydrogen-bond acceptors (Lipinski definition) is 2. The zero-order valence-corrected chi connectivity index (χ0v) is 14.0. The van der Waals surface area contributed by atoms with Crippen LogP contribution in [0.25, 0.3) is 0 Å². The largest absolute Gasteiger partial charge is 0.464 e. The minimum Gasteiger partial charge on any atom is -0.464 e. The summed E-state index contributed by atoms with van der Waals surface area (Å²) >= 11 is 0. The summed E-state index contributed by atoms with van der Waals surface area (Å²) in [6, 6.07) is 11.0. The summed E-state index contributed by atoms with van der Waals surface area (Å²) in [6.45, 7) is 13.1. The third kappa shape index (κ3) is 3.69. The van der Waals surface area contributed by atoms with Gasteiger partial charge in [0.05, 0.1) is 6.04 Å². The van der Waals surface area contributed by atoms with Gasteiger partial charge in [-0.15, -0.1) is 0 Å². The second kappa shape index (κ2) is 6.38. The minimum atomic E-state index is 0.168. The van der Waals surface area contributed by atoms with Crippen LogP contribution in [0.4, 0.5) is 5.69 Å². The lowest BCUT2D eigenvalue weighted by Gasteiger charge is -2.20. The van der Waals surface area contributed by atoms with Crippen LogP contribution in [-0.2, 0) is 0 Å². The number of anilines is 1. The van der Waals surface area contributed by atoms with Gasteiger partial charge < -0.3 is 9.73 Å². The van der Waals surface area contributed by atoms with Crippen LogP contribution in [0.2, 0.25) is 0 Å². The standard InChI is InChI=1S/C19H27NO/c1-12(2)16-8-9-18(17(11-16)13(3)4)20-15(6)19-10-7-14(5)21-19/h7-13,15,20H,1-6H3. The van der Waals surface area contributed by atoms with Crippen LogP contribution >= 0.6 is 0 Å². The molecule has 0 fully saturated rings. The zero-order valence-electron chi connectivity index (χ0n) is 14.0. The summed E-state index contributed by atoms with van der Waals surface area (Å²) in [6.07, 6.45) is 0. The van der Waals surface area contributed by atoms with Crippen molar-refractivity contribution in [3.8, 4) is 0 Å². The first-order valence-corrected chi connectivity index (χ1v) is 7.85. The van der Waals surface area contributed by atoms with Crippen molar-refractivity contribution >= 4 is 5.69 Å². The van der Waals surface area contributed by atoms with Crippen LogP contribution in [0.3, 0.4) is 0 Å². The number of hydrogen-bond donors (Lipinski definition) is 1. The van der Waals surface area contributed by atoms with E-state index in [0.717, 1.165) is 11.5 Å². The highest BCUT2D eigenvalue weighted by atomic mass is 16.3. The third-order valence-corrected chi connectivity index (χ3v) is 3.92. The van der Waals surface area contributed by atoms with Gasteiger partial charge >= 0.3 is 0 Å². The molecule has 0 aliphatic rings. The SMILES string of the molecule is Cc1ccc(C(C)Nc2ccc(C(C)C)cc2C(C)C)o1. The average molecular weight is 285 g/mol. The molecule has 1 aromatic heterocycles. The van der Waals surface area contributed by atoms with Gasteiger partial charge in [0.25, 0.3) is 0 Å². The zero-order chi connectivity index (χ0) is 15.6. The number of benzene rings is 1. The minimum absolute atomic E-state index is 0.168. The average Bonchev–Trinajstić information content (AvgIpc) is 2.85. The second-order valence-corrected chi connectivity index (χ2v) is 6.47. The molecule has 2 aromatic rings. The molecular formula is C19H27NO. The van der Waals surface area contributed by atoms with Crippen molar-refractivity contribution in [1.29, 1.82) is 0 Å². The predicted molar refractivity (Wildman–Crippen MR) is 90.1 cm³/mol. The van der Waals surface area contributed by atoms with Gasteiger partial charge in [-0.2, -0.15) is 0 Å². The summed E-state index contributed by atoms with van der Waals surface area (Å²) < 4.78 is 5.72. The first kappa shape index (κ1) is 15.7. The van der Waals surface area contributed by atoms with Crippen molar-refractivity contribution in [2.75, 3.05) is 5.32 Å². The molecule has 0 radical (unpaired) electrons. The molecule has 0 saturated carbocycles. The molecule has 2 nitrogen and oxygen atoms in total. The summed E-state index contributed by atoms with van der Waals surface area (Å²) in [4.78, 5) is 0. The molecule has 1 unspecified atom stereocenters. The lowest BCUT2D eigenvalue weighted by Crippen LogP contribution is -2.09. The second-order valence-electron chi connectivity index (χ2n) is 6.47. The topological polar surface area (TPSA) is 25.2 Å². The fraction of sp³-hybridized carbons (Fsp3) is 0.474. The van der Waals surface area contributed by atoms with Crippen molar-refractivity contribution in [1.82, 2.24) is 0 Å². The monoisotopic (exact) mass is 285 g/mol. The Hall–Kier alpha value is -1.70. The fourth-order valence-electron chi connectivity index (χ4n) is 2.54. The highest BCUT2D eigenvalue weighted by Crippen LogP contribution is 2.31. The molecule has 114 valence electrons. The van der Waals surface area contributed by atoms with Crippen molar-refractivity contribution in [2.45, 2.75) is 59.4 Å². The van der Waals surface area contributed by atoms with E-state index in [4.69, 9.17) is 4.42 Å². The molecule has 1 aromatic carbocycles. The molecule has 2 rings (SSSR count). The third-order valence-electron chi connectivity index (χ3n) is 3.92. The normalized spacial score (nSPS) is 13.0. The summed E-state index contributed by atoms with van der Waals surface area (Å²) in [5.74, 6) is 2.99. The van der Waals surface area contributed by atoms with E-state index < -0.39 is 0 Å². The molecule has 21 heavy (non-hydrogen) atoms. The van der Waals surface area contributed by atoms with Crippen molar-refractivity contribution in [3.63, 3.8) is 0 Å². The van der Waals surface area contributed by atoms with Crippen LogP contribution in [0.5, 0.6) is 0 Å². The van der Waals surface area contributed by atoms with Gasteiger partial charge in [0.2, 0.25) is 0 Å². The Morgan fingerprint density at radius 1 is 0.905 bits per heavy atom. The molecule has 2 heteroatoms. The van der Waals surface area contributed by atoms with Gasteiger partial charge in [0.15, 0.2) is 0 Å². The van der Waals surface area contributed by atoms with E-state index in [2.05, 4.69) is 58.1 Å². The highest BCUT2D eigenvalue weighted by molar-refractivity contribution is 5.55. The molecular weight excluding hydrogens is 258 g/mol.